The summed E-state index contributed by atoms with van der Waals surface area (Å²) in [5.74, 6) is -8.04. The molecule has 0 spiro atoms. The second kappa shape index (κ2) is 27.4. The van der Waals surface area contributed by atoms with E-state index in [0.717, 1.165) is 0 Å². The monoisotopic (exact) mass is 1020 g/mol. The Balaban J connectivity index is 1.45. The van der Waals surface area contributed by atoms with Gasteiger partial charge in [0.1, 0.15) is 48.3 Å². The van der Waals surface area contributed by atoms with Gasteiger partial charge in [0.2, 0.25) is 47.3 Å². The molecule has 3 aliphatic rings. The first-order chi connectivity index (χ1) is 34.1. The smallest absolute Gasteiger partial charge is 0.326 e. The van der Waals surface area contributed by atoms with Gasteiger partial charge >= 0.3 is 5.97 Å². The van der Waals surface area contributed by atoms with Crippen molar-refractivity contribution in [3.63, 3.8) is 0 Å². The number of aliphatic carboxylic acids is 1. The van der Waals surface area contributed by atoms with Gasteiger partial charge in [-0.1, -0.05) is 40.5 Å². The van der Waals surface area contributed by atoms with Crippen LogP contribution in [0.15, 0.2) is 17.5 Å². The number of aromatic nitrogens is 2. The molecular formula is C46H76N14O12. The van der Waals surface area contributed by atoms with Crippen molar-refractivity contribution < 1.29 is 58.5 Å². The van der Waals surface area contributed by atoms with Gasteiger partial charge in [-0.05, 0) is 70.1 Å². The van der Waals surface area contributed by atoms with E-state index in [1.54, 1.807) is 27.7 Å². The third kappa shape index (κ3) is 15.3. The van der Waals surface area contributed by atoms with Crippen LogP contribution in [0, 0.1) is 11.8 Å². The molecule has 3 aliphatic heterocycles. The number of aliphatic imine (C=N–C) groups is 1. The number of amides is 8. The summed E-state index contributed by atoms with van der Waals surface area (Å²) in [6.45, 7) is 8.02. The standard InChI is InChI=1S/C46H76N14O12/c1-6-24(3)34(43(69)59-18-10-15-33(59)41(67)57-36(26(5)62)44(70)60-19-11-14-32(60)40(66)56-35(45(71)72)25(4)7-2)55-38(64)30(22-61)54-37(63)29(20-27-21-50-23-52-27)53-39(65)31-13-9-17-58(31)42(68)28(47)12-8-16-51-46(48)49/h21,23-26,28-36,61-62H,6-20,22,47H2,1-5H3,(H,50,52)(H,53,65)(H,54,63)(H,55,64)(H,56,66)(H,57,67)(H,71,72)(H4,48,49,51)/t24-,25-,26+,28-,29-,30-,31-,32-,33-,34-,35-,36-/m0/s1. The van der Waals surface area contributed by atoms with Crippen LogP contribution in [-0.4, -0.2) is 192 Å². The van der Waals surface area contributed by atoms with E-state index in [1.165, 1.54) is 34.1 Å². The van der Waals surface area contributed by atoms with Gasteiger partial charge in [-0.25, -0.2) is 9.78 Å². The number of rotatable bonds is 26. The number of guanidine groups is 1. The zero-order valence-electron chi connectivity index (χ0n) is 41.9. The van der Waals surface area contributed by atoms with Crippen molar-refractivity contribution in [1.29, 1.82) is 0 Å². The van der Waals surface area contributed by atoms with Crippen molar-refractivity contribution in [2.45, 2.75) is 166 Å². The molecular weight excluding hydrogens is 941 g/mol. The van der Waals surface area contributed by atoms with E-state index in [1.807, 2.05) is 0 Å². The zero-order valence-corrected chi connectivity index (χ0v) is 41.9. The van der Waals surface area contributed by atoms with E-state index in [0.29, 0.717) is 44.2 Å². The number of aliphatic hydroxyl groups is 2. The van der Waals surface area contributed by atoms with Gasteiger partial charge < -0.3 is 78.8 Å². The number of carbonyl (C=O) groups is 9. The molecule has 1 aromatic rings. The fraction of sp³-hybridized carbons (Fsp3) is 0.717. The molecule has 402 valence electrons. The van der Waals surface area contributed by atoms with Crippen LogP contribution >= 0.6 is 0 Å². The number of carboxylic acids is 1. The van der Waals surface area contributed by atoms with E-state index in [4.69, 9.17) is 17.2 Å². The summed E-state index contributed by atoms with van der Waals surface area (Å²) >= 11 is 0. The summed E-state index contributed by atoms with van der Waals surface area (Å²) in [6.07, 6.45) is 4.70. The van der Waals surface area contributed by atoms with Crippen LogP contribution in [0.25, 0.3) is 0 Å². The molecule has 4 heterocycles. The first kappa shape index (κ1) is 58.2. The summed E-state index contributed by atoms with van der Waals surface area (Å²) in [4.78, 5) is 137. The van der Waals surface area contributed by atoms with E-state index < -0.39 is 132 Å². The van der Waals surface area contributed by atoms with E-state index in [9.17, 15) is 58.5 Å². The Morgan fingerprint density at radius 1 is 0.722 bits per heavy atom. The van der Waals surface area contributed by atoms with Crippen molar-refractivity contribution in [2.75, 3.05) is 32.8 Å². The van der Waals surface area contributed by atoms with Crippen molar-refractivity contribution >= 4 is 59.2 Å². The number of nitrogens with zero attached hydrogens (tertiary/aromatic N) is 5. The Morgan fingerprint density at radius 2 is 1.21 bits per heavy atom. The molecule has 0 aromatic carbocycles. The first-order valence-corrected chi connectivity index (χ1v) is 24.9. The van der Waals surface area contributed by atoms with Crippen molar-refractivity contribution in [3.8, 4) is 0 Å². The summed E-state index contributed by atoms with van der Waals surface area (Å²) in [6, 6.07) is -11.1. The number of nitrogens with one attached hydrogen (secondary N) is 6. The molecule has 15 N–H and O–H groups in total. The number of nitrogens with two attached hydrogens (primary N) is 3. The van der Waals surface area contributed by atoms with Crippen LogP contribution in [0.4, 0.5) is 0 Å². The van der Waals surface area contributed by atoms with Crippen molar-refractivity contribution in [3.05, 3.63) is 18.2 Å². The number of imidazole rings is 1. The summed E-state index contributed by atoms with van der Waals surface area (Å²) in [7, 11) is 0. The molecule has 1 aromatic heterocycles. The average molecular weight is 1020 g/mol. The van der Waals surface area contributed by atoms with E-state index >= 15 is 0 Å². The maximum Gasteiger partial charge on any atom is 0.326 e. The topological polar surface area (TPSA) is 403 Å². The molecule has 0 radical (unpaired) electrons. The quantitative estimate of drug-likeness (QED) is 0.0241. The minimum Gasteiger partial charge on any atom is -0.480 e. The lowest BCUT2D eigenvalue weighted by molar-refractivity contribution is -0.148. The molecule has 0 saturated carbocycles. The highest BCUT2D eigenvalue weighted by Gasteiger charge is 2.45. The number of aromatic amines is 1. The molecule has 3 fully saturated rings. The summed E-state index contributed by atoms with van der Waals surface area (Å²) in [5, 5.41) is 43.9. The lowest BCUT2D eigenvalue weighted by Crippen LogP contribution is -2.62. The minimum atomic E-state index is -1.63. The van der Waals surface area contributed by atoms with E-state index in [-0.39, 0.29) is 64.2 Å². The van der Waals surface area contributed by atoms with Crippen LogP contribution in [0.3, 0.4) is 0 Å². The second-order valence-electron chi connectivity index (χ2n) is 19.0. The Bertz CT molecular complexity index is 2090. The predicted octanol–water partition coefficient (Wildman–Crippen LogP) is -3.72. The first-order valence-electron chi connectivity index (χ1n) is 24.9. The minimum absolute atomic E-state index is 0.0901. The SMILES string of the molecule is CC[C@H](C)[C@H](NC(=O)[C@@H]1CCCN1C(=O)[C@@H](NC(=O)[C@@H]1CCCN1C(=O)[C@@H](NC(=O)[C@H](CO)NC(=O)[C@H](Cc1cnc[nH]1)NC(=O)[C@@H]1CCCN1C(=O)[C@@H](N)CCCN=C(N)N)[C@@H](C)CC)[C@@H](C)O)C(=O)O. The van der Waals surface area contributed by atoms with Gasteiger partial charge in [0.05, 0.1) is 25.1 Å². The normalized spacial score (nSPS) is 21.4. The van der Waals surface area contributed by atoms with Gasteiger partial charge in [0, 0.05) is 44.5 Å². The van der Waals surface area contributed by atoms with Gasteiger partial charge in [-0.3, -0.25) is 43.3 Å². The molecule has 26 heteroatoms. The van der Waals surface area contributed by atoms with Gasteiger partial charge in [-0.15, -0.1) is 0 Å². The Kier molecular flexibility index (Phi) is 22.2. The Hall–Kier alpha value is -6.41. The molecule has 0 aliphatic carbocycles. The van der Waals surface area contributed by atoms with Gasteiger partial charge in [0.15, 0.2) is 5.96 Å². The summed E-state index contributed by atoms with van der Waals surface area (Å²) in [5.41, 5.74) is 17.4. The van der Waals surface area contributed by atoms with Crippen LogP contribution in [-0.2, 0) is 49.6 Å². The van der Waals surface area contributed by atoms with Crippen LogP contribution in [0.2, 0.25) is 0 Å². The molecule has 26 nitrogen and oxygen atoms in total. The van der Waals surface area contributed by atoms with Crippen LogP contribution < -0.4 is 43.8 Å². The van der Waals surface area contributed by atoms with Crippen LogP contribution in [0.5, 0.6) is 0 Å². The maximum absolute atomic E-state index is 14.4. The molecule has 3 saturated heterocycles. The molecule has 72 heavy (non-hydrogen) atoms. The highest BCUT2D eigenvalue weighted by atomic mass is 16.4. The second-order valence-corrected chi connectivity index (χ2v) is 19.0. The molecule has 8 amide bonds. The fourth-order valence-electron chi connectivity index (χ4n) is 9.19. The lowest BCUT2D eigenvalue weighted by atomic mass is 9.96. The largest absolute Gasteiger partial charge is 0.480 e. The molecule has 0 unspecified atom stereocenters. The highest BCUT2D eigenvalue weighted by Crippen LogP contribution is 2.25. The number of carboxylic acid groups (broad SMARTS) is 1. The average Bonchev–Trinajstić information content (AvgIpc) is 4.21. The maximum atomic E-state index is 14.4. The van der Waals surface area contributed by atoms with Gasteiger partial charge in [0.25, 0.3) is 0 Å². The van der Waals surface area contributed by atoms with Crippen molar-refractivity contribution in [2.24, 2.45) is 34.0 Å². The highest BCUT2D eigenvalue weighted by molar-refractivity contribution is 5.99. The summed E-state index contributed by atoms with van der Waals surface area (Å²) < 4.78 is 0. The Morgan fingerprint density at radius 3 is 1.68 bits per heavy atom. The molecule has 0 bridgehead atoms. The lowest BCUT2D eigenvalue weighted by Gasteiger charge is -2.34. The number of hydrogen-bond donors (Lipinski definition) is 12. The third-order valence-electron chi connectivity index (χ3n) is 13.8. The number of likely N-dealkylation sites (tertiary alicyclic amines) is 3. The number of carbonyl (C=O) groups excluding carboxylic acids is 8. The zero-order chi connectivity index (χ0) is 53.4. The number of aliphatic hydroxyl groups excluding tert-OH is 2. The van der Waals surface area contributed by atoms with Gasteiger partial charge in [-0.2, -0.15) is 0 Å². The molecule has 4 rings (SSSR count). The Labute approximate surface area is 418 Å². The van der Waals surface area contributed by atoms with E-state index in [2.05, 4.69) is 41.5 Å². The van der Waals surface area contributed by atoms with Crippen LogP contribution in [0.1, 0.15) is 105 Å². The third-order valence-corrected chi connectivity index (χ3v) is 13.8. The van der Waals surface area contributed by atoms with Crippen molar-refractivity contribution in [1.82, 2.24) is 51.3 Å². The number of hydrogen-bond acceptors (Lipinski definition) is 14. The predicted molar refractivity (Wildman–Crippen MR) is 259 cm³/mol. The number of H-pyrrole nitrogens is 1. The fourth-order valence-corrected chi connectivity index (χ4v) is 9.19. The molecule has 12 atom stereocenters.